The Labute approximate surface area is 134 Å². The van der Waals surface area contributed by atoms with Crippen molar-refractivity contribution >= 4 is 46.7 Å². The van der Waals surface area contributed by atoms with E-state index in [-0.39, 0.29) is 32.4 Å². The van der Waals surface area contributed by atoms with Crippen LogP contribution in [0.2, 0.25) is 10.0 Å². The summed E-state index contributed by atoms with van der Waals surface area (Å²) in [6.45, 7) is 0. The summed E-state index contributed by atoms with van der Waals surface area (Å²) >= 11 is 11.9. The molecule has 22 heavy (non-hydrogen) atoms. The van der Waals surface area contributed by atoms with E-state index in [1.54, 1.807) is 0 Å². The number of carbonyl (C=O) groups excluding carboxylic acids is 2. The maximum Gasteiger partial charge on any atom is 0.335 e. The van der Waals surface area contributed by atoms with E-state index in [0.29, 0.717) is 0 Å². The molecule has 1 N–H and O–H groups in total. The van der Waals surface area contributed by atoms with Gasteiger partial charge in [0.05, 0.1) is 32.4 Å². The first-order valence-corrected chi connectivity index (χ1v) is 6.87. The molecule has 0 aromatic heterocycles. The fourth-order valence-electron chi connectivity index (χ4n) is 2.25. The predicted molar refractivity (Wildman–Crippen MR) is 81.0 cm³/mol. The number of benzene rings is 2. The van der Waals surface area contributed by atoms with E-state index in [9.17, 15) is 14.4 Å². The minimum atomic E-state index is -1.09. The number of carboxylic acid groups (broad SMARTS) is 1. The summed E-state index contributed by atoms with van der Waals surface area (Å²) in [6.07, 6.45) is 0. The predicted octanol–water partition coefficient (Wildman–Crippen LogP) is 3.49. The fraction of sp³-hybridized carbons (Fsp3) is 0. The fourth-order valence-corrected chi connectivity index (χ4v) is 2.65. The third kappa shape index (κ3) is 2.06. The topological polar surface area (TPSA) is 74.7 Å². The largest absolute Gasteiger partial charge is 0.478 e. The van der Waals surface area contributed by atoms with Crippen LogP contribution < -0.4 is 4.90 Å². The number of fused-ring (bicyclic) bond motifs is 1. The van der Waals surface area contributed by atoms with Gasteiger partial charge in [0.1, 0.15) is 0 Å². The Morgan fingerprint density at radius 1 is 0.955 bits per heavy atom. The van der Waals surface area contributed by atoms with Crippen LogP contribution in [0, 0.1) is 0 Å². The Morgan fingerprint density at radius 3 is 2.18 bits per heavy atom. The van der Waals surface area contributed by atoms with E-state index in [0.717, 1.165) is 4.90 Å². The number of carboxylic acids is 1. The second-order valence-electron chi connectivity index (χ2n) is 4.58. The normalized spacial score (nSPS) is 13.5. The average molecular weight is 336 g/mol. The van der Waals surface area contributed by atoms with E-state index in [1.165, 1.54) is 36.4 Å². The number of hydrogen-bond donors (Lipinski definition) is 1. The average Bonchev–Trinajstić information content (AvgIpc) is 2.75. The number of amides is 2. The zero-order valence-corrected chi connectivity index (χ0v) is 12.4. The molecule has 2 amide bonds. The first kappa shape index (κ1) is 14.6. The maximum atomic E-state index is 12.4. The zero-order chi connectivity index (χ0) is 16.0. The standard InChI is InChI=1S/C15H7Cl2NO4/c16-10-6-5-9-11(12(10)17)14(20)18(13(9)19)8-3-1-7(2-4-8)15(21)22/h1-6H,(H,21,22). The molecule has 7 heteroatoms. The van der Waals surface area contributed by atoms with Gasteiger partial charge < -0.3 is 5.11 Å². The minimum absolute atomic E-state index is 0.0298. The van der Waals surface area contributed by atoms with Crippen molar-refractivity contribution in [1.82, 2.24) is 0 Å². The molecule has 0 saturated heterocycles. The van der Waals surface area contributed by atoms with Crippen LogP contribution in [0.25, 0.3) is 0 Å². The van der Waals surface area contributed by atoms with E-state index >= 15 is 0 Å². The van der Waals surface area contributed by atoms with Crippen molar-refractivity contribution in [1.29, 1.82) is 0 Å². The molecule has 1 aliphatic rings. The number of aromatic carboxylic acids is 1. The number of nitrogens with zero attached hydrogens (tertiary/aromatic N) is 1. The highest BCUT2D eigenvalue weighted by molar-refractivity contribution is 6.47. The van der Waals surface area contributed by atoms with Crippen LogP contribution in [0.15, 0.2) is 36.4 Å². The number of imide groups is 1. The molecule has 2 aromatic rings. The van der Waals surface area contributed by atoms with Gasteiger partial charge in [-0.25, -0.2) is 9.69 Å². The second-order valence-corrected chi connectivity index (χ2v) is 5.37. The summed E-state index contributed by atoms with van der Waals surface area (Å²) < 4.78 is 0. The molecular weight excluding hydrogens is 329 g/mol. The summed E-state index contributed by atoms with van der Waals surface area (Å²) in [6, 6.07) is 8.30. The van der Waals surface area contributed by atoms with Crippen molar-refractivity contribution in [3.63, 3.8) is 0 Å². The van der Waals surface area contributed by atoms with Gasteiger partial charge in [0, 0.05) is 0 Å². The number of rotatable bonds is 2. The SMILES string of the molecule is O=C(O)c1ccc(N2C(=O)c3ccc(Cl)c(Cl)c3C2=O)cc1. The summed E-state index contributed by atoms with van der Waals surface area (Å²) in [5.74, 6) is -2.21. The van der Waals surface area contributed by atoms with Gasteiger partial charge >= 0.3 is 5.97 Å². The lowest BCUT2D eigenvalue weighted by atomic mass is 10.1. The van der Waals surface area contributed by atoms with Crippen LogP contribution in [-0.2, 0) is 0 Å². The van der Waals surface area contributed by atoms with Crippen molar-refractivity contribution in [3.8, 4) is 0 Å². The summed E-state index contributed by atoms with van der Waals surface area (Å²) in [4.78, 5) is 36.6. The van der Waals surface area contributed by atoms with Crippen LogP contribution >= 0.6 is 23.2 Å². The van der Waals surface area contributed by atoms with Crippen LogP contribution in [0.5, 0.6) is 0 Å². The quantitative estimate of drug-likeness (QED) is 0.852. The van der Waals surface area contributed by atoms with E-state index in [2.05, 4.69) is 0 Å². The molecule has 0 spiro atoms. The Hall–Kier alpha value is -2.37. The van der Waals surface area contributed by atoms with Gasteiger partial charge in [0.25, 0.3) is 11.8 Å². The molecule has 1 aliphatic heterocycles. The number of anilines is 1. The lowest BCUT2D eigenvalue weighted by Gasteiger charge is -2.13. The Kier molecular flexibility index (Phi) is 3.39. The number of halogens is 2. The molecule has 0 unspecified atom stereocenters. The van der Waals surface area contributed by atoms with Crippen molar-refractivity contribution in [2.45, 2.75) is 0 Å². The van der Waals surface area contributed by atoms with E-state index in [1.807, 2.05) is 0 Å². The van der Waals surface area contributed by atoms with E-state index < -0.39 is 17.8 Å². The van der Waals surface area contributed by atoms with Gasteiger partial charge in [0.2, 0.25) is 0 Å². The second kappa shape index (κ2) is 5.12. The first-order chi connectivity index (χ1) is 10.4. The van der Waals surface area contributed by atoms with Gasteiger partial charge in [-0.05, 0) is 36.4 Å². The monoisotopic (exact) mass is 335 g/mol. The van der Waals surface area contributed by atoms with Crippen molar-refractivity contribution in [2.75, 3.05) is 4.90 Å². The molecule has 3 rings (SSSR count). The third-order valence-corrected chi connectivity index (χ3v) is 4.12. The molecule has 0 saturated carbocycles. The van der Waals surface area contributed by atoms with Crippen molar-refractivity contribution in [3.05, 3.63) is 63.1 Å². The molecule has 1 heterocycles. The van der Waals surface area contributed by atoms with Crippen molar-refractivity contribution in [2.24, 2.45) is 0 Å². The molecule has 0 radical (unpaired) electrons. The zero-order valence-electron chi connectivity index (χ0n) is 10.8. The highest BCUT2D eigenvalue weighted by Gasteiger charge is 2.39. The molecule has 0 aliphatic carbocycles. The Morgan fingerprint density at radius 2 is 1.59 bits per heavy atom. The lowest BCUT2D eigenvalue weighted by molar-refractivity contribution is 0.0696. The molecular formula is C15H7Cl2NO4. The van der Waals surface area contributed by atoms with Crippen molar-refractivity contribution < 1.29 is 19.5 Å². The third-order valence-electron chi connectivity index (χ3n) is 3.32. The first-order valence-electron chi connectivity index (χ1n) is 6.12. The molecule has 0 fully saturated rings. The van der Waals surface area contributed by atoms with Gasteiger partial charge in [-0.15, -0.1) is 0 Å². The summed E-state index contributed by atoms with van der Waals surface area (Å²) in [5, 5.41) is 9.09. The number of hydrogen-bond acceptors (Lipinski definition) is 3. The Bertz CT molecular complexity index is 830. The summed E-state index contributed by atoms with van der Waals surface area (Å²) in [7, 11) is 0. The molecule has 0 atom stereocenters. The highest BCUT2D eigenvalue weighted by Crippen LogP contribution is 2.36. The lowest BCUT2D eigenvalue weighted by Crippen LogP contribution is -2.29. The highest BCUT2D eigenvalue weighted by atomic mass is 35.5. The van der Waals surface area contributed by atoms with Crippen LogP contribution in [0.3, 0.4) is 0 Å². The molecule has 110 valence electrons. The smallest absolute Gasteiger partial charge is 0.335 e. The Balaban J connectivity index is 2.07. The molecule has 0 bridgehead atoms. The van der Waals surface area contributed by atoms with Crippen LogP contribution in [0.1, 0.15) is 31.1 Å². The van der Waals surface area contributed by atoms with Gasteiger partial charge in [-0.2, -0.15) is 0 Å². The van der Waals surface area contributed by atoms with Gasteiger partial charge in [-0.1, -0.05) is 23.2 Å². The van der Waals surface area contributed by atoms with E-state index in [4.69, 9.17) is 28.3 Å². The van der Waals surface area contributed by atoms with Gasteiger partial charge in [-0.3, -0.25) is 9.59 Å². The number of carbonyl (C=O) groups is 3. The molecule has 2 aromatic carbocycles. The van der Waals surface area contributed by atoms with Crippen LogP contribution in [0.4, 0.5) is 5.69 Å². The summed E-state index contributed by atoms with van der Waals surface area (Å²) in [5.41, 5.74) is 0.549. The minimum Gasteiger partial charge on any atom is -0.478 e. The maximum absolute atomic E-state index is 12.4. The van der Waals surface area contributed by atoms with Gasteiger partial charge in [0.15, 0.2) is 0 Å². The molecule has 5 nitrogen and oxygen atoms in total. The van der Waals surface area contributed by atoms with Crippen LogP contribution in [-0.4, -0.2) is 22.9 Å².